The van der Waals surface area contributed by atoms with Crippen molar-refractivity contribution < 1.29 is 8.42 Å². The van der Waals surface area contributed by atoms with E-state index in [9.17, 15) is 8.42 Å². The average Bonchev–Trinajstić information content (AvgIpc) is 3.03. The quantitative estimate of drug-likeness (QED) is 0.668. The van der Waals surface area contributed by atoms with Gasteiger partial charge >= 0.3 is 0 Å². The molecule has 1 fully saturated rings. The lowest BCUT2D eigenvalue weighted by Crippen LogP contribution is -2.48. The van der Waals surface area contributed by atoms with Gasteiger partial charge in [-0.1, -0.05) is 26.0 Å². The largest absolute Gasteiger partial charge is 0.304 e. The number of nitrogens with zero attached hydrogens (tertiary/aromatic N) is 5. The van der Waals surface area contributed by atoms with Crippen LogP contribution in [0.4, 0.5) is 0 Å². The molecule has 3 rings (SSSR count). The summed E-state index contributed by atoms with van der Waals surface area (Å²) in [6, 6.07) is 7.51. The van der Waals surface area contributed by atoms with Gasteiger partial charge in [0.25, 0.3) is 0 Å². The summed E-state index contributed by atoms with van der Waals surface area (Å²) in [5.41, 5.74) is 1.14. The van der Waals surface area contributed by atoms with E-state index in [2.05, 4.69) is 37.7 Å². The molecule has 1 saturated heterocycles. The number of piperazine rings is 1. The van der Waals surface area contributed by atoms with Crippen molar-refractivity contribution in [3.8, 4) is 0 Å². The Balaban J connectivity index is 1.63. The molecule has 9 heteroatoms. The van der Waals surface area contributed by atoms with E-state index >= 15 is 0 Å². The minimum absolute atomic E-state index is 0.269. The minimum Gasteiger partial charge on any atom is -0.304 e. The van der Waals surface area contributed by atoms with Crippen molar-refractivity contribution in [2.45, 2.75) is 51.2 Å². The van der Waals surface area contributed by atoms with Crippen LogP contribution in [0.15, 0.2) is 35.5 Å². The molecule has 1 aromatic heterocycles. The van der Waals surface area contributed by atoms with E-state index < -0.39 is 10.0 Å². The third-order valence-corrected chi connectivity index (χ3v) is 7.50. The average molecular weight is 424 g/mol. The summed E-state index contributed by atoms with van der Waals surface area (Å²) < 4.78 is 31.9. The highest BCUT2D eigenvalue weighted by atomic mass is 32.2. The van der Waals surface area contributed by atoms with Gasteiger partial charge in [-0.15, -0.1) is 0 Å². The minimum atomic E-state index is -3.46. The smallest absolute Gasteiger partial charge is 0.243 e. The molecule has 0 amide bonds. The van der Waals surface area contributed by atoms with Gasteiger partial charge in [0, 0.05) is 32.2 Å². The SMILES string of the molecule is CC(C)c1ccc(S(=O)(=O)N2CCN(Cn3ncn(C(C)C)c3=S)CC2)cc1. The molecule has 7 nitrogen and oxygen atoms in total. The molecule has 0 atom stereocenters. The van der Waals surface area contributed by atoms with Crippen molar-refractivity contribution in [2.75, 3.05) is 26.2 Å². The fourth-order valence-corrected chi connectivity index (χ4v) is 5.06. The van der Waals surface area contributed by atoms with Crippen LogP contribution < -0.4 is 0 Å². The van der Waals surface area contributed by atoms with Crippen LogP contribution >= 0.6 is 12.2 Å². The molecule has 0 radical (unpaired) electrons. The fourth-order valence-electron chi connectivity index (χ4n) is 3.28. The maximum absolute atomic E-state index is 12.9. The Morgan fingerprint density at radius 2 is 1.64 bits per heavy atom. The Morgan fingerprint density at radius 1 is 1.04 bits per heavy atom. The zero-order valence-corrected chi connectivity index (χ0v) is 18.6. The first-order valence-corrected chi connectivity index (χ1v) is 11.5. The number of hydrogen-bond acceptors (Lipinski definition) is 5. The van der Waals surface area contributed by atoms with Crippen LogP contribution in [0.3, 0.4) is 0 Å². The van der Waals surface area contributed by atoms with Crippen molar-refractivity contribution >= 4 is 22.2 Å². The third kappa shape index (κ3) is 4.37. The van der Waals surface area contributed by atoms with Gasteiger partial charge in [0.2, 0.25) is 10.0 Å². The second-order valence-corrected chi connectivity index (χ2v) is 10.1. The highest BCUT2D eigenvalue weighted by molar-refractivity contribution is 7.89. The fraction of sp³-hybridized carbons (Fsp3) is 0.579. The molecule has 154 valence electrons. The molecule has 1 aliphatic rings. The molecule has 28 heavy (non-hydrogen) atoms. The molecule has 0 bridgehead atoms. The zero-order chi connectivity index (χ0) is 20.5. The van der Waals surface area contributed by atoms with E-state index in [1.54, 1.807) is 27.4 Å². The van der Waals surface area contributed by atoms with Crippen LogP contribution in [0.25, 0.3) is 0 Å². The van der Waals surface area contributed by atoms with Crippen molar-refractivity contribution in [1.29, 1.82) is 0 Å². The predicted molar refractivity (Wildman–Crippen MR) is 112 cm³/mol. The first kappa shape index (κ1) is 21.2. The molecule has 2 heterocycles. The molecule has 0 spiro atoms. The summed E-state index contributed by atoms with van der Waals surface area (Å²) in [6.45, 7) is 11.1. The zero-order valence-electron chi connectivity index (χ0n) is 16.9. The summed E-state index contributed by atoms with van der Waals surface area (Å²) in [7, 11) is -3.46. The monoisotopic (exact) mass is 423 g/mol. The molecule has 0 saturated carbocycles. The lowest BCUT2D eigenvalue weighted by atomic mass is 10.0. The van der Waals surface area contributed by atoms with Gasteiger partial charge in [-0.25, -0.2) is 13.1 Å². The molecular formula is C19H29N5O2S2. The number of aromatic nitrogens is 3. The van der Waals surface area contributed by atoms with E-state index in [1.807, 2.05) is 16.7 Å². The van der Waals surface area contributed by atoms with Crippen LogP contribution in [0.2, 0.25) is 0 Å². The number of rotatable bonds is 6. The van der Waals surface area contributed by atoms with Crippen molar-refractivity contribution in [1.82, 2.24) is 23.6 Å². The molecule has 1 aliphatic heterocycles. The van der Waals surface area contributed by atoms with Gasteiger partial charge in [0.1, 0.15) is 6.33 Å². The van der Waals surface area contributed by atoms with E-state index in [4.69, 9.17) is 12.2 Å². The standard InChI is InChI=1S/C19H29N5O2S2/c1-15(2)17-5-7-18(8-6-17)28(25,26)22-11-9-21(10-12-22)14-24-19(27)23(13-20-24)16(3)4/h5-8,13,15-16H,9-12,14H2,1-4H3. The van der Waals surface area contributed by atoms with Crippen LogP contribution in [0.5, 0.6) is 0 Å². The summed E-state index contributed by atoms with van der Waals surface area (Å²) in [4.78, 5) is 2.55. The van der Waals surface area contributed by atoms with Gasteiger partial charge in [-0.3, -0.25) is 4.90 Å². The Kier molecular flexibility index (Phi) is 6.38. The number of sulfonamides is 1. The maximum atomic E-state index is 12.9. The lowest BCUT2D eigenvalue weighted by molar-refractivity contribution is 0.144. The Labute approximate surface area is 172 Å². The van der Waals surface area contributed by atoms with Gasteiger partial charge < -0.3 is 4.57 Å². The highest BCUT2D eigenvalue weighted by Crippen LogP contribution is 2.21. The van der Waals surface area contributed by atoms with Crippen LogP contribution in [0.1, 0.15) is 45.2 Å². The van der Waals surface area contributed by atoms with E-state index in [-0.39, 0.29) is 6.04 Å². The van der Waals surface area contributed by atoms with Crippen LogP contribution in [-0.4, -0.2) is 58.1 Å². The Morgan fingerprint density at radius 3 is 2.14 bits per heavy atom. The molecule has 2 aromatic rings. The maximum Gasteiger partial charge on any atom is 0.243 e. The number of benzene rings is 1. The van der Waals surface area contributed by atoms with Crippen LogP contribution in [-0.2, 0) is 16.7 Å². The van der Waals surface area contributed by atoms with Gasteiger partial charge in [0.05, 0.1) is 11.6 Å². The van der Waals surface area contributed by atoms with Gasteiger partial charge in [-0.2, -0.15) is 9.40 Å². The van der Waals surface area contributed by atoms with Gasteiger partial charge in [-0.05, 0) is 49.7 Å². The molecular weight excluding hydrogens is 394 g/mol. The summed E-state index contributed by atoms with van der Waals surface area (Å²) in [6.07, 6.45) is 1.76. The third-order valence-electron chi connectivity index (χ3n) is 5.16. The van der Waals surface area contributed by atoms with Crippen LogP contribution in [0, 0.1) is 4.77 Å². The normalized spacial score (nSPS) is 16.9. The first-order valence-electron chi connectivity index (χ1n) is 9.66. The van der Waals surface area contributed by atoms with Gasteiger partial charge in [0.15, 0.2) is 4.77 Å². The molecule has 0 N–H and O–H groups in total. The Bertz CT molecular complexity index is 953. The number of hydrogen-bond donors (Lipinski definition) is 0. The highest BCUT2D eigenvalue weighted by Gasteiger charge is 2.28. The summed E-state index contributed by atoms with van der Waals surface area (Å²) in [5, 5.41) is 4.37. The topological polar surface area (TPSA) is 63.4 Å². The Hall–Kier alpha value is -1.55. The van der Waals surface area contributed by atoms with E-state index in [1.165, 1.54) is 0 Å². The second kappa shape index (κ2) is 8.44. The molecule has 0 unspecified atom stereocenters. The van der Waals surface area contributed by atoms with E-state index in [0.29, 0.717) is 48.4 Å². The lowest BCUT2D eigenvalue weighted by Gasteiger charge is -2.33. The molecule has 0 aliphatic carbocycles. The second-order valence-electron chi connectivity index (χ2n) is 7.80. The van der Waals surface area contributed by atoms with Crippen molar-refractivity contribution in [3.63, 3.8) is 0 Å². The summed E-state index contributed by atoms with van der Waals surface area (Å²) >= 11 is 5.48. The van der Waals surface area contributed by atoms with Crippen molar-refractivity contribution in [2.24, 2.45) is 0 Å². The van der Waals surface area contributed by atoms with E-state index in [0.717, 1.165) is 5.56 Å². The predicted octanol–water partition coefficient (Wildman–Crippen LogP) is 3.08. The summed E-state index contributed by atoms with van der Waals surface area (Å²) in [5.74, 6) is 0.381. The molecule has 1 aromatic carbocycles. The first-order chi connectivity index (χ1) is 13.2. The van der Waals surface area contributed by atoms with Crippen molar-refractivity contribution in [3.05, 3.63) is 40.9 Å².